The Balaban J connectivity index is 2.44. The van der Waals surface area contributed by atoms with Crippen molar-refractivity contribution in [3.63, 3.8) is 0 Å². The monoisotopic (exact) mass is 278 g/mol. The Morgan fingerprint density at radius 2 is 2.00 bits per heavy atom. The number of nitrogens with one attached hydrogen (secondary N) is 1. The smallest absolute Gasteiger partial charge is 0.338 e. The first-order valence-electron chi connectivity index (χ1n) is 5.66. The van der Waals surface area contributed by atoms with Crippen molar-refractivity contribution in [2.75, 3.05) is 0 Å². The summed E-state index contributed by atoms with van der Waals surface area (Å²) in [5, 5.41) is 14.7. The van der Waals surface area contributed by atoms with Crippen LogP contribution in [0.3, 0.4) is 0 Å². The fraction of sp³-hybridized carbons (Fsp3) is 0.154. The fourth-order valence-corrected chi connectivity index (χ4v) is 1.61. The van der Waals surface area contributed by atoms with Gasteiger partial charge in [-0.25, -0.2) is 14.3 Å². The second-order valence-electron chi connectivity index (χ2n) is 4.21. The van der Waals surface area contributed by atoms with E-state index in [0.717, 1.165) is 12.1 Å². The van der Waals surface area contributed by atoms with Gasteiger partial charge in [0.2, 0.25) is 0 Å². The van der Waals surface area contributed by atoms with Crippen LogP contribution in [0.1, 0.15) is 21.6 Å². The van der Waals surface area contributed by atoms with Gasteiger partial charge in [0.15, 0.2) is 5.75 Å². The SMILES string of the molecule is Cc1cc(Oc2cc(F)c(C(=O)O)cc2C)c(=O)[nH]n1. The summed E-state index contributed by atoms with van der Waals surface area (Å²) in [5.41, 5.74) is -0.0788. The number of carboxylic acid groups (broad SMARTS) is 1. The van der Waals surface area contributed by atoms with E-state index >= 15 is 0 Å². The van der Waals surface area contributed by atoms with Crippen LogP contribution in [-0.2, 0) is 0 Å². The molecule has 6 nitrogen and oxygen atoms in total. The van der Waals surface area contributed by atoms with Gasteiger partial charge in [0.1, 0.15) is 11.6 Å². The third-order valence-corrected chi connectivity index (χ3v) is 2.61. The minimum atomic E-state index is -1.37. The maximum atomic E-state index is 13.6. The summed E-state index contributed by atoms with van der Waals surface area (Å²) >= 11 is 0. The molecule has 0 saturated carbocycles. The van der Waals surface area contributed by atoms with E-state index in [-0.39, 0.29) is 11.5 Å². The highest BCUT2D eigenvalue weighted by atomic mass is 19.1. The zero-order chi connectivity index (χ0) is 14.9. The molecule has 0 spiro atoms. The number of ether oxygens (including phenoxy) is 1. The van der Waals surface area contributed by atoms with Crippen LogP contribution < -0.4 is 10.3 Å². The zero-order valence-corrected chi connectivity index (χ0v) is 10.7. The fourth-order valence-electron chi connectivity index (χ4n) is 1.61. The molecule has 0 aliphatic heterocycles. The summed E-state index contributed by atoms with van der Waals surface area (Å²) in [6, 6.07) is 3.49. The summed E-state index contributed by atoms with van der Waals surface area (Å²) in [5.74, 6) is -2.26. The maximum absolute atomic E-state index is 13.6. The zero-order valence-electron chi connectivity index (χ0n) is 10.7. The van der Waals surface area contributed by atoms with Crippen LogP contribution in [0.15, 0.2) is 23.0 Å². The third kappa shape index (κ3) is 2.66. The highest BCUT2D eigenvalue weighted by Gasteiger charge is 2.15. The molecule has 2 rings (SSSR count). The molecular weight excluding hydrogens is 267 g/mol. The lowest BCUT2D eigenvalue weighted by molar-refractivity contribution is 0.0691. The summed E-state index contributed by atoms with van der Waals surface area (Å²) in [6.45, 7) is 3.22. The second-order valence-corrected chi connectivity index (χ2v) is 4.21. The number of rotatable bonds is 3. The predicted molar refractivity (Wildman–Crippen MR) is 67.8 cm³/mol. The lowest BCUT2D eigenvalue weighted by atomic mass is 10.1. The first-order chi connectivity index (χ1) is 9.38. The van der Waals surface area contributed by atoms with Crippen molar-refractivity contribution in [3.05, 3.63) is 51.2 Å². The topological polar surface area (TPSA) is 92.3 Å². The van der Waals surface area contributed by atoms with E-state index in [4.69, 9.17) is 9.84 Å². The van der Waals surface area contributed by atoms with Crippen LogP contribution >= 0.6 is 0 Å². The van der Waals surface area contributed by atoms with Crippen molar-refractivity contribution in [1.29, 1.82) is 0 Å². The number of aryl methyl sites for hydroxylation is 2. The van der Waals surface area contributed by atoms with Gasteiger partial charge in [0.25, 0.3) is 0 Å². The van der Waals surface area contributed by atoms with Gasteiger partial charge >= 0.3 is 11.5 Å². The van der Waals surface area contributed by atoms with Crippen molar-refractivity contribution in [2.24, 2.45) is 0 Å². The number of carboxylic acids is 1. The minimum absolute atomic E-state index is 0.0388. The minimum Gasteiger partial charge on any atom is -0.478 e. The van der Waals surface area contributed by atoms with Crippen LogP contribution in [-0.4, -0.2) is 21.3 Å². The number of aromatic nitrogens is 2. The first kappa shape index (κ1) is 13.7. The van der Waals surface area contributed by atoms with Crippen LogP contribution in [0.2, 0.25) is 0 Å². The van der Waals surface area contributed by atoms with Crippen LogP contribution in [0.4, 0.5) is 4.39 Å². The molecule has 1 aromatic carbocycles. The van der Waals surface area contributed by atoms with E-state index in [1.165, 1.54) is 6.07 Å². The average Bonchev–Trinajstić information content (AvgIpc) is 2.37. The Kier molecular flexibility index (Phi) is 3.51. The molecule has 2 N–H and O–H groups in total. The molecule has 2 aromatic rings. The number of nitrogens with zero attached hydrogens (tertiary/aromatic N) is 1. The van der Waals surface area contributed by atoms with Crippen LogP contribution in [0.5, 0.6) is 11.5 Å². The Labute approximate surface area is 112 Å². The van der Waals surface area contributed by atoms with Crippen molar-refractivity contribution in [2.45, 2.75) is 13.8 Å². The van der Waals surface area contributed by atoms with Gasteiger partial charge in [-0.3, -0.25) is 4.79 Å². The predicted octanol–water partition coefficient (Wildman–Crippen LogP) is 2.02. The quantitative estimate of drug-likeness (QED) is 0.896. The van der Waals surface area contributed by atoms with Gasteiger partial charge in [-0.05, 0) is 25.5 Å². The highest BCUT2D eigenvalue weighted by molar-refractivity contribution is 5.88. The highest BCUT2D eigenvalue weighted by Crippen LogP contribution is 2.26. The van der Waals surface area contributed by atoms with E-state index in [9.17, 15) is 14.0 Å². The van der Waals surface area contributed by atoms with Gasteiger partial charge in [-0.1, -0.05) is 0 Å². The summed E-state index contributed by atoms with van der Waals surface area (Å²) < 4.78 is 18.9. The second kappa shape index (κ2) is 5.12. The summed E-state index contributed by atoms with van der Waals surface area (Å²) in [6.07, 6.45) is 0. The molecule has 0 aliphatic carbocycles. The van der Waals surface area contributed by atoms with Crippen molar-refractivity contribution in [1.82, 2.24) is 10.2 Å². The number of carbonyl (C=O) groups is 1. The van der Waals surface area contributed by atoms with E-state index < -0.39 is 22.9 Å². The molecule has 7 heteroatoms. The van der Waals surface area contributed by atoms with Gasteiger partial charge in [-0.2, -0.15) is 5.10 Å². The van der Waals surface area contributed by atoms with E-state index in [1.54, 1.807) is 13.8 Å². The first-order valence-corrected chi connectivity index (χ1v) is 5.66. The molecule has 0 atom stereocenters. The number of benzene rings is 1. The Morgan fingerprint density at radius 3 is 2.65 bits per heavy atom. The largest absolute Gasteiger partial charge is 0.478 e. The molecule has 104 valence electrons. The van der Waals surface area contributed by atoms with E-state index in [1.807, 2.05) is 0 Å². The molecule has 1 heterocycles. The molecule has 0 fully saturated rings. The molecule has 1 aromatic heterocycles. The Hall–Kier alpha value is -2.70. The molecule has 0 saturated heterocycles. The molecule has 0 bridgehead atoms. The van der Waals surface area contributed by atoms with Gasteiger partial charge in [0.05, 0.1) is 11.3 Å². The van der Waals surface area contributed by atoms with Crippen LogP contribution in [0, 0.1) is 19.7 Å². The van der Waals surface area contributed by atoms with Crippen molar-refractivity contribution in [3.8, 4) is 11.5 Å². The number of H-pyrrole nitrogens is 1. The molecular formula is C13H11FN2O4. The lowest BCUT2D eigenvalue weighted by Gasteiger charge is -2.09. The number of aromatic amines is 1. The normalized spacial score (nSPS) is 10.3. The average molecular weight is 278 g/mol. The summed E-state index contributed by atoms with van der Waals surface area (Å²) in [7, 11) is 0. The molecule has 0 amide bonds. The van der Waals surface area contributed by atoms with Crippen molar-refractivity contribution < 1.29 is 19.0 Å². The van der Waals surface area contributed by atoms with E-state index in [0.29, 0.717) is 11.3 Å². The summed E-state index contributed by atoms with van der Waals surface area (Å²) in [4.78, 5) is 22.3. The molecule has 0 unspecified atom stereocenters. The Bertz CT molecular complexity index is 740. The van der Waals surface area contributed by atoms with Gasteiger partial charge < -0.3 is 9.84 Å². The number of hydrogen-bond acceptors (Lipinski definition) is 4. The Morgan fingerprint density at radius 1 is 1.30 bits per heavy atom. The van der Waals surface area contributed by atoms with Crippen molar-refractivity contribution >= 4 is 5.97 Å². The number of hydrogen-bond donors (Lipinski definition) is 2. The molecule has 0 aliphatic rings. The molecule has 0 radical (unpaired) electrons. The maximum Gasteiger partial charge on any atom is 0.338 e. The van der Waals surface area contributed by atoms with Gasteiger partial charge in [0, 0.05) is 12.1 Å². The third-order valence-electron chi connectivity index (χ3n) is 2.61. The van der Waals surface area contributed by atoms with Gasteiger partial charge in [-0.15, -0.1) is 0 Å². The van der Waals surface area contributed by atoms with Crippen LogP contribution in [0.25, 0.3) is 0 Å². The number of aromatic carboxylic acids is 1. The number of halogens is 1. The van der Waals surface area contributed by atoms with E-state index in [2.05, 4.69) is 10.2 Å². The standard InChI is InChI=1S/C13H11FN2O4/c1-6-3-8(13(18)19)9(14)5-10(6)20-11-4-7(2)15-16-12(11)17/h3-5H,1-2H3,(H,16,17)(H,18,19). The molecule has 20 heavy (non-hydrogen) atoms. The lowest BCUT2D eigenvalue weighted by Crippen LogP contribution is -2.11.